The van der Waals surface area contributed by atoms with Gasteiger partial charge in [-0.05, 0) is 64.2 Å². The average molecular weight is 1020 g/mol. The fourth-order valence-electron chi connectivity index (χ4n) is 8.02. The molecule has 0 saturated carbocycles. The minimum atomic E-state index is -4.40. The first-order valence-corrected chi connectivity index (χ1v) is 30.7. The van der Waals surface area contributed by atoms with Crippen molar-refractivity contribution in [3.8, 4) is 0 Å². The Morgan fingerprint density at radius 2 is 0.803 bits per heavy atom. The maximum Gasteiger partial charge on any atom is 0.472 e. The van der Waals surface area contributed by atoms with Gasteiger partial charge in [0.15, 0.2) is 6.10 Å². The van der Waals surface area contributed by atoms with E-state index in [2.05, 4.69) is 86.8 Å². The third kappa shape index (κ3) is 56.6. The Labute approximate surface area is 438 Å². The molecule has 0 aromatic heterocycles. The summed E-state index contributed by atoms with van der Waals surface area (Å²) in [6, 6.07) is 0. The third-order valence-corrected chi connectivity index (χ3v) is 13.5. The second-order valence-corrected chi connectivity index (χ2v) is 22.1. The second kappa shape index (κ2) is 52.3. The van der Waals surface area contributed by atoms with Gasteiger partial charge in [-0.3, -0.25) is 18.6 Å². The van der Waals surface area contributed by atoms with Crippen LogP contribution >= 0.6 is 7.82 Å². The number of ether oxygens (including phenoxy) is 2. The highest BCUT2D eigenvalue weighted by molar-refractivity contribution is 7.47. The van der Waals surface area contributed by atoms with Crippen LogP contribution in [-0.4, -0.2) is 74.9 Å². The summed E-state index contributed by atoms with van der Waals surface area (Å²) in [5, 5.41) is 0. The van der Waals surface area contributed by atoms with Crippen LogP contribution in [0.1, 0.15) is 251 Å². The second-order valence-electron chi connectivity index (χ2n) is 20.7. The number of unbranched alkanes of at least 4 members (excludes halogenated alkanes) is 27. The molecule has 0 aliphatic heterocycles. The molecule has 2 unspecified atom stereocenters. The molecule has 0 aliphatic carbocycles. The van der Waals surface area contributed by atoms with Crippen molar-refractivity contribution in [3.63, 3.8) is 0 Å². The van der Waals surface area contributed by atoms with Gasteiger partial charge in [-0.2, -0.15) is 0 Å². The van der Waals surface area contributed by atoms with E-state index in [-0.39, 0.29) is 32.0 Å². The van der Waals surface area contributed by atoms with Crippen LogP contribution in [0.2, 0.25) is 0 Å². The molecule has 0 amide bonds. The maximum atomic E-state index is 12.8. The Bertz CT molecular complexity index is 1430. The highest BCUT2D eigenvalue weighted by Crippen LogP contribution is 2.43. The number of likely N-dealkylation sites (N-methyl/N-ethyl adjacent to an activating group) is 1. The van der Waals surface area contributed by atoms with Crippen LogP contribution in [0.15, 0.2) is 72.9 Å². The number of phosphoric ester groups is 1. The van der Waals surface area contributed by atoms with Crippen LogP contribution < -0.4 is 0 Å². The van der Waals surface area contributed by atoms with Gasteiger partial charge < -0.3 is 18.9 Å². The lowest BCUT2D eigenvalue weighted by atomic mass is 10.0. The lowest BCUT2D eigenvalue weighted by Gasteiger charge is -2.24. The molecule has 10 heteroatoms. The predicted octanol–water partition coefficient (Wildman–Crippen LogP) is 18.1. The number of hydrogen-bond acceptors (Lipinski definition) is 7. The van der Waals surface area contributed by atoms with Crippen molar-refractivity contribution in [1.29, 1.82) is 0 Å². The first-order valence-electron chi connectivity index (χ1n) is 29.2. The largest absolute Gasteiger partial charge is 0.472 e. The van der Waals surface area contributed by atoms with Crippen molar-refractivity contribution in [1.82, 2.24) is 0 Å². The summed E-state index contributed by atoms with van der Waals surface area (Å²) < 4.78 is 34.5. The van der Waals surface area contributed by atoms with E-state index in [9.17, 15) is 19.0 Å². The van der Waals surface area contributed by atoms with E-state index < -0.39 is 26.5 Å². The molecule has 0 heterocycles. The van der Waals surface area contributed by atoms with E-state index in [4.69, 9.17) is 18.5 Å². The Kier molecular flexibility index (Phi) is 50.4. The summed E-state index contributed by atoms with van der Waals surface area (Å²) in [6.45, 7) is 4.31. The average Bonchev–Trinajstić information content (AvgIpc) is 3.33. The number of carbonyl (C=O) groups is 2. The molecule has 1 N–H and O–H groups in total. The molecule has 0 rings (SSSR count). The van der Waals surface area contributed by atoms with Crippen molar-refractivity contribution in [3.05, 3.63) is 72.9 Å². The summed E-state index contributed by atoms with van der Waals surface area (Å²) in [5.74, 6) is -0.821. The molecule has 412 valence electrons. The summed E-state index contributed by atoms with van der Waals surface area (Å²) in [4.78, 5) is 35.7. The van der Waals surface area contributed by atoms with Gasteiger partial charge in [-0.1, -0.05) is 247 Å². The number of allylic oxidation sites excluding steroid dienone is 12. The number of nitrogens with zero attached hydrogens (tertiary/aromatic N) is 1. The van der Waals surface area contributed by atoms with Gasteiger partial charge in [0, 0.05) is 12.8 Å². The van der Waals surface area contributed by atoms with Crippen molar-refractivity contribution in [2.24, 2.45) is 0 Å². The van der Waals surface area contributed by atoms with E-state index in [1.54, 1.807) is 0 Å². The van der Waals surface area contributed by atoms with Crippen molar-refractivity contribution < 1.29 is 42.1 Å². The minimum absolute atomic E-state index is 0.0242. The summed E-state index contributed by atoms with van der Waals surface area (Å²) in [7, 11) is 1.46. The molecule has 0 aliphatic rings. The number of carbonyl (C=O) groups excluding carboxylic acids is 2. The van der Waals surface area contributed by atoms with E-state index in [1.807, 2.05) is 21.1 Å². The fourth-order valence-corrected chi connectivity index (χ4v) is 8.76. The standard InChI is InChI=1S/C61H110NO8P/c1-6-8-10-12-14-16-18-20-22-24-26-28-30-32-33-35-37-39-41-43-45-47-49-51-53-60(63)67-57-59(58-69-71(65,66)68-56-55-62(3,4)5)70-61(64)54-52-50-48-46-44-42-40-38-36-34-31-29-27-25-23-21-19-17-15-13-11-9-7-2/h9,11,15,17,21,23,27,29,34,36,40,42,59H,6-8,10,12-14,16,18-20,22,24-26,28,30-33,35,37-39,41,43-58H2,1-5H3/p+1/b11-9-,17-15-,23-21-,29-27-,36-34-,42-40-. The van der Waals surface area contributed by atoms with Gasteiger partial charge in [-0.15, -0.1) is 0 Å². The maximum absolute atomic E-state index is 12.8. The number of hydrogen-bond donors (Lipinski definition) is 1. The van der Waals surface area contributed by atoms with Crippen molar-refractivity contribution >= 4 is 19.8 Å². The van der Waals surface area contributed by atoms with Gasteiger partial charge in [-0.25, -0.2) is 4.57 Å². The summed E-state index contributed by atoms with van der Waals surface area (Å²) in [5.41, 5.74) is 0. The zero-order chi connectivity index (χ0) is 52.0. The third-order valence-electron chi connectivity index (χ3n) is 12.5. The SMILES string of the molecule is CC/C=C\C/C=C\C/C=C\C/C=C\C/C=C\C/C=C\CCCCCCC(=O)OC(COC(=O)CCCCCCCCCCCCCCCCCCCCCCCCCC)COP(=O)(O)OCC[N+](C)(C)C. The van der Waals surface area contributed by atoms with E-state index in [0.717, 1.165) is 83.5 Å². The van der Waals surface area contributed by atoms with E-state index in [1.165, 1.54) is 135 Å². The quantitative estimate of drug-likeness (QED) is 0.0211. The molecule has 0 radical (unpaired) electrons. The first kappa shape index (κ1) is 68.5. The van der Waals surface area contributed by atoms with Crippen LogP contribution in [0.4, 0.5) is 0 Å². The molecule has 0 bridgehead atoms. The lowest BCUT2D eigenvalue weighted by molar-refractivity contribution is -0.870. The number of quaternary nitrogens is 1. The minimum Gasteiger partial charge on any atom is -0.462 e. The van der Waals surface area contributed by atoms with Crippen molar-refractivity contribution in [2.75, 3.05) is 47.5 Å². The molecule has 0 spiro atoms. The molecule has 71 heavy (non-hydrogen) atoms. The lowest BCUT2D eigenvalue weighted by Crippen LogP contribution is -2.37. The molecule has 9 nitrogen and oxygen atoms in total. The molecular formula is C61H111NO8P+. The molecule has 0 aromatic rings. The number of rotatable bonds is 53. The van der Waals surface area contributed by atoms with E-state index >= 15 is 0 Å². The van der Waals surface area contributed by atoms with Crippen LogP contribution in [0, 0.1) is 0 Å². The van der Waals surface area contributed by atoms with Gasteiger partial charge in [0.2, 0.25) is 0 Å². The van der Waals surface area contributed by atoms with Crippen LogP contribution in [-0.2, 0) is 32.7 Å². The smallest absolute Gasteiger partial charge is 0.462 e. The zero-order valence-electron chi connectivity index (χ0n) is 46.7. The van der Waals surface area contributed by atoms with Crippen LogP contribution in [0.5, 0.6) is 0 Å². The molecule has 0 fully saturated rings. The zero-order valence-corrected chi connectivity index (χ0v) is 47.6. The summed E-state index contributed by atoms with van der Waals surface area (Å²) >= 11 is 0. The highest BCUT2D eigenvalue weighted by atomic mass is 31.2. The Balaban J connectivity index is 4.21. The van der Waals surface area contributed by atoms with Gasteiger partial charge in [0.25, 0.3) is 0 Å². The van der Waals surface area contributed by atoms with Gasteiger partial charge in [0.1, 0.15) is 19.8 Å². The molecule has 0 aromatic carbocycles. The van der Waals surface area contributed by atoms with Gasteiger partial charge in [0.05, 0.1) is 27.7 Å². The normalized spacial score (nSPS) is 13.8. The fraction of sp³-hybridized carbons (Fsp3) is 0.770. The van der Waals surface area contributed by atoms with Gasteiger partial charge >= 0.3 is 19.8 Å². The molecule has 2 atom stereocenters. The predicted molar refractivity (Wildman–Crippen MR) is 302 cm³/mol. The Morgan fingerprint density at radius 3 is 1.20 bits per heavy atom. The van der Waals surface area contributed by atoms with Crippen molar-refractivity contribution in [2.45, 2.75) is 258 Å². The van der Waals surface area contributed by atoms with Crippen LogP contribution in [0.25, 0.3) is 0 Å². The Hall–Kier alpha value is -2.55. The Morgan fingerprint density at radius 1 is 0.451 bits per heavy atom. The molecular weight excluding hydrogens is 906 g/mol. The topological polar surface area (TPSA) is 108 Å². The molecule has 0 saturated heterocycles. The monoisotopic (exact) mass is 1020 g/mol. The highest BCUT2D eigenvalue weighted by Gasteiger charge is 2.27. The van der Waals surface area contributed by atoms with Crippen LogP contribution in [0.3, 0.4) is 0 Å². The van der Waals surface area contributed by atoms with E-state index in [0.29, 0.717) is 17.4 Å². The number of esters is 2. The summed E-state index contributed by atoms with van der Waals surface area (Å²) in [6.07, 6.45) is 68.3. The first-order chi connectivity index (χ1) is 34.5. The number of phosphoric acid groups is 1.